The highest BCUT2D eigenvalue weighted by Crippen LogP contribution is 2.16. The van der Waals surface area contributed by atoms with Gasteiger partial charge < -0.3 is 14.5 Å². The predicted molar refractivity (Wildman–Crippen MR) is 81.1 cm³/mol. The molecule has 110 valence electrons. The maximum absolute atomic E-state index is 12.2. The van der Waals surface area contributed by atoms with Gasteiger partial charge in [0.15, 0.2) is 0 Å². The molecule has 0 saturated carbocycles. The summed E-state index contributed by atoms with van der Waals surface area (Å²) in [6.45, 7) is 8.71. The Morgan fingerprint density at radius 2 is 2.10 bits per heavy atom. The molecule has 0 atom stereocenters. The smallest absolute Gasteiger partial charge is 0.224 e. The molecule has 4 nitrogen and oxygen atoms in total. The highest BCUT2D eigenvalue weighted by molar-refractivity contribution is 5.77. The van der Waals surface area contributed by atoms with Crippen molar-refractivity contribution in [1.29, 1.82) is 0 Å². The molecule has 0 radical (unpaired) electrons. The van der Waals surface area contributed by atoms with E-state index in [2.05, 4.69) is 43.0 Å². The molecule has 0 spiro atoms. The zero-order chi connectivity index (χ0) is 14.4. The van der Waals surface area contributed by atoms with Crippen LogP contribution in [0.2, 0.25) is 0 Å². The van der Waals surface area contributed by atoms with Crippen molar-refractivity contribution in [3.63, 3.8) is 0 Å². The summed E-state index contributed by atoms with van der Waals surface area (Å²) in [7, 11) is 0. The zero-order valence-corrected chi connectivity index (χ0v) is 12.5. The van der Waals surface area contributed by atoms with Crippen molar-refractivity contribution in [2.24, 2.45) is 0 Å². The molecule has 1 aromatic rings. The minimum absolute atomic E-state index is 0.236. The molecular formula is C16H24N2O2. The molecular weight excluding hydrogens is 252 g/mol. The van der Waals surface area contributed by atoms with Crippen LogP contribution in [0.4, 0.5) is 5.69 Å². The minimum Gasteiger partial charge on any atom is -0.378 e. The summed E-state index contributed by atoms with van der Waals surface area (Å²) in [5.74, 6) is 0.236. The number of hydrogen-bond donors (Lipinski definition) is 0. The fraction of sp³-hybridized carbons (Fsp3) is 0.562. The molecule has 0 aromatic heterocycles. The SMILES string of the molecule is CCN(CCC(=O)N1CCOCC1)c1cccc(C)c1. The first-order valence-corrected chi connectivity index (χ1v) is 7.38. The predicted octanol–water partition coefficient (Wildman–Crippen LogP) is 2.07. The van der Waals surface area contributed by atoms with E-state index >= 15 is 0 Å². The topological polar surface area (TPSA) is 32.8 Å². The molecule has 1 saturated heterocycles. The van der Waals surface area contributed by atoms with Gasteiger partial charge in [0.1, 0.15) is 0 Å². The Morgan fingerprint density at radius 3 is 2.75 bits per heavy atom. The Kier molecular flexibility index (Phi) is 5.41. The minimum atomic E-state index is 0.236. The number of nitrogens with zero attached hydrogens (tertiary/aromatic N) is 2. The number of hydrogen-bond acceptors (Lipinski definition) is 3. The second-order valence-electron chi connectivity index (χ2n) is 5.16. The number of morpholine rings is 1. The van der Waals surface area contributed by atoms with Gasteiger partial charge in [-0.3, -0.25) is 4.79 Å². The van der Waals surface area contributed by atoms with E-state index in [0.29, 0.717) is 19.6 Å². The third-order valence-electron chi connectivity index (χ3n) is 3.71. The Hall–Kier alpha value is -1.55. The number of amides is 1. The van der Waals surface area contributed by atoms with Crippen LogP contribution in [0.5, 0.6) is 0 Å². The van der Waals surface area contributed by atoms with Gasteiger partial charge in [-0.25, -0.2) is 0 Å². The third-order valence-corrected chi connectivity index (χ3v) is 3.71. The van der Waals surface area contributed by atoms with E-state index in [1.807, 2.05) is 4.90 Å². The van der Waals surface area contributed by atoms with Crippen molar-refractivity contribution in [2.75, 3.05) is 44.3 Å². The molecule has 0 aliphatic carbocycles. The van der Waals surface area contributed by atoms with Crippen LogP contribution in [-0.2, 0) is 9.53 Å². The number of carbonyl (C=O) groups is 1. The van der Waals surface area contributed by atoms with E-state index in [9.17, 15) is 4.79 Å². The number of benzene rings is 1. The maximum Gasteiger partial charge on any atom is 0.224 e. The lowest BCUT2D eigenvalue weighted by molar-refractivity contribution is -0.135. The fourth-order valence-corrected chi connectivity index (χ4v) is 2.50. The number of rotatable bonds is 5. The van der Waals surface area contributed by atoms with Crippen molar-refractivity contribution in [1.82, 2.24) is 4.90 Å². The molecule has 0 N–H and O–H groups in total. The molecule has 20 heavy (non-hydrogen) atoms. The summed E-state index contributed by atoms with van der Waals surface area (Å²) in [4.78, 5) is 16.3. The lowest BCUT2D eigenvalue weighted by Crippen LogP contribution is -2.42. The molecule has 1 aromatic carbocycles. The van der Waals surface area contributed by atoms with Crippen molar-refractivity contribution in [3.05, 3.63) is 29.8 Å². The van der Waals surface area contributed by atoms with Gasteiger partial charge in [0, 0.05) is 38.3 Å². The molecule has 1 heterocycles. The quantitative estimate of drug-likeness (QED) is 0.825. The second kappa shape index (κ2) is 7.29. The molecule has 2 rings (SSSR count). The average molecular weight is 276 g/mol. The molecule has 4 heteroatoms. The van der Waals surface area contributed by atoms with Crippen LogP contribution in [0.15, 0.2) is 24.3 Å². The average Bonchev–Trinajstić information content (AvgIpc) is 2.48. The van der Waals surface area contributed by atoms with Gasteiger partial charge in [0.2, 0.25) is 5.91 Å². The molecule has 1 fully saturated rings. The van der Waals surface area contributed by atoms with Crippen molar-refractivity contribution in [3.8, 4) is 0 Å². The molecule has 0 unspecified atom stereocenters. The number of ether oxygens (including phenoxy) is 1. The van der Waals surface area contributed by atoms with Crippen LogP contribution >= 0.6 is 0 Å². The lowest BCUT2D eigenvalue weighted by atomic mass is 10.2. The fourth-order valence-electron chi connectivity index (χ4n) is 2.50. The summed E-state index contributed by atoms with van der Waals surface area (Å²) in [5.41, 5.74) is 2.45. The van der Waals surface area contributed by atoms with Crippen LogP contribution in [0.25, 0.3) is 0 Å². The first kappa shape index (κ1) is 14.9. The van der Waals surface area contributed by atoms with E-state index in [1.54, 1.807) is 0 Å². The standard InChI is InChI=1S/C16H24N2O2/c1-3-17(15-6-4-5-14(2)13-15)8-7-16(19)18-9-11-20-12-10-18/h4-6,13H,3,7-12H2,1-2H3. The molecule has 0 bridgehead atoms. The van der Waals surface area contributed by atoms with E-state index in [1.165, 1.54) is 11.3 Å². The molecule has 1 amide bonds. The summed E-state index contributed by atoms with van der Waals surface area (Å²) in [6.07, 6.45) is 0.571. The van der Waals surface area contributed by atoms with E-state index in [4.69, 9.17) is 4.74 Å². The zero-order valence-electron chi connectivity index (χ0n) is 12.5. The van der Waals surface area contributed by atoms with E-state index in [0.717, 1.165) is 26.2 Å². The van der Waals surface area contributed by atoms with Gasteiger partial charge >= 0.3 is 0 Å². The van der Waals surface area contributed by atoms with Gasteiger partial charge in [0.05, 0.1) is 13.2 Å². The highest BCUT2D eigenvalue weighted by Gasteiger charge is 2.17. The van der Waals surface area contributed by atoms with Crippen molar-refractivity contribution < 1.29 is 9.53 Å². The lowest BCUT2D eigenvalue weighted by Gasteiger charge is -2.29. The number of aryl methyl sites for hydroxylation is 1. The van der Waals surface area contributed by atoms with Crippen LogP contribution in [0, 0.1) is 6.92 Å². The third kappa shape index (κ3) is 3.97. The van der Waals surface area contributed by atoms with E-state index < -0.39 is 0 Å². The summed E-state index contributed by atoms with van der Waals surface area (Å²) in [5, 5.41) is 0. The Bertz CT molecular complexity index is 442. The maximum atomic E-state index is 12.2. The second-order valence-corrected chi connectivity index (χ2v) is 5.16. The Labute approximate surface area is 121 Å². The van der Waals surface area contributed by atoms with Crippen LogP contribution in [-0.4, -0.2) is 50.2 Å². The van der Waals surface area contributed by atoms with Crippen LogP contribution < -0.4 is 4.90 Å². The van der Waals surface area contributed by atoms with Crippen molar-refractivity contribution in [2.45, 2.75) is 20.3 Å². The van der Waals surface area contributed by atoms with Gasteiger partial charge in [-0.1, -0.05) is 12.1 Å². The molecule has 1 aliphatic rings. The Balaban J connectivity index is 1.88. The van der Waals surface area contributed by atoms with Gasteiger partial charge in [0.25, 0.3) is 0 Å². The van der Waals surface area contributed by atoms with Gasteiger partial charge in [-0.15, -0.1) is 0 Å². The van der Waals surface area contributed by atoms with E-state index in [-0.39, 0.29) is 5.91 Å². The number of carbonyl (C=O) groups excluding carboxylic acids is 1. The van der Waals surface area contributed by atoms with Crippen LogP contribution in [0.1, 0.15) is 18.9 Å². The normalized spacial score (nSPS) is 15.2. The van der Waals surface area contributed by atoms with Crippen LogP contribution in [0.3, 0.4) is 0 Å². The van der Waals surface area contributed by atoms with Crippen molar-refractivity contribution >= 4 is 11.6 Å². The first-order valence-electron chi connectivity index (χ1n) is 7.38. The summed E-state index contributed by atoms with van der Waals surface area (Å²) in [6, 6.07) is 8.44. The first-order chi connectivity index (χ1) is 9.70. The molecule has 1 aliphatic heterocycles. The Morgan fingerprint density at radius 1 is 1.35 bits per heavy atom. The summed E-state index contributed by atoms with van der Waals surface area (Å²) >= 11 is 0. The largest absolute Gasteiger partial charge is 0.378 e. The monoisotopic (exact) mass is 276 g/mol. The van der Waals surface area contributed by atoms with Gasteiger partial charge in [-0.2, -0.15) is 0 Å². The highest BCUT2D eigenvalue weighted by atomic mass is 16.5. The summed E-state index contributed by atoms with van der Waals surface area (Å²) < 4.78 is 5.27. The number of anilines is 1. The van der Waals surface area contributed by atoms with Gasteiger partial charge in [-0.05, 0) is 31.5 Å².